The van der Waals surface area contributed by atoms with Gasteiger partial charge in [0.2, 0.25) is 0 Å². The summed E-state index contributed by atoms with van der Waals surface area (Å²) in [6, 6.07) is 26.0. The van der Waals surface area contributed by atoms with Crippen molar-refractivity contribution in [1.29, 1.82) is 0 Å². The summed E-state index contributed by atoms with van der Waals surface area (Å²) >= 11 is 0. The van der Waals surface area contributed by atoms with Crippen molar-refractivity contribution >= 4 is 28.3 Å². The molecule has 1 N–H and O–H groups in total. The molecule has 1 aromatic heterocycles. The smallest absolute Gasteiger partial charge is 0.253 e. The number of aromatic nitrogens is 2. The Morgan fingerprint density at radius 2 is 1.67 bits per heavy atom. The second kappa shape index (κ2) is 9.00. The van der Waals surface area contributed by atoms with Crippen LogP contribution >= 0.6 is 0 Å². The van der Waals surface area contributed by atoms with Crippen LogP contribution in [-0.4, -0.2) is 58.9 Å². The van der Waals surface area contributed by atoms with Crippen molar-refractivity contribution in [3.05, 3.63) is 84.4 Å². The lowest BCUT2D eigenvalue weighted by atomic mass is 10.1. The van der Waals surface area contributed by atoms with Gasteiger partial charge in [-0.1, -0.05) is 42.5 Å². The Morgan fingerprint density at radius 3 is 2.39 bits per heavy atom. The molecule has 4 aromatic rings. The number of hydrogen-bond acceptors (Lipinski definition) is 5. The van der Waals surface area contributed by atoms with Gasteiger partial charge in [0.05, 0.1) is 5.52 Å². The second-order valence-corrected chi connectivity index (χ2v) is 8.64. The van der Waals surface area contributed by atoms with Crippen molar-refractivity contribution in [3.8, 4) is 11.4 Å². The average Bonchev–Trinajstić information content (AvgIpc) is 3.35. The van der Waals surface area contributed by atoms with Gasteiger partial charge in [-0.3, -0.25) is 4.79 Å². The minimum atomic E-state index is 0.0877. The SMILES string of the molecule is CN(C)C1CCN(C(=O)c2ccc(Nc3nc(-c4ccccc4)nc4ccccc34)cc2)C1. The second-order valence-electron chi connectivity index (χ2n) is 8.64. The minimum absolute atomic E-state index is 0.0877. The van der Waals surface area contributed by atoms with Gasteiger partial charge in [0.15, 0.2) is 5.82 Å². The summed E-state index contributed by atoms with van der Waals surface area (Å²) in [7, 11) is 4.14. The molecule has 1 aliphatic rings. The predicted octanol–water partition coefficient (Wildman–Crippen LogP) is 4.82. The standard InChI is InChI=1S/C27H27N5O/c1-31(2)22-16-17-32(18-22)27(33)20-12-14-21(15-13-20)28-26-23-10-6-7-11-24(23)29-25(30-26)19-8-4-3-5-9-19/h3-15,22H,16-18H2,1-2H3,(H,28,29,30). The maximum Gasteiger partial charge on any atom is 0.253 e. The number of amides is 1. The maximum absolute atomic E-state index is 12.9. The lowest BCUT2D eigenvalue weighted by molar-refractivity contribution is 0.0783. The monoisotopic (exact) mass is 437 g/mol. The number of fused-ring (bicyclic) bond motifs is 1. The van der Waals surface area contributed by atoms with Crippen LogP contribution in [0.3, 0.4) is 0 Å². The number of anilines is 2. The zero-order chi connectivity index (χ0) is 22.8. The summed E-state index contributed by atoms with van der Waals surface area (Å²) < 4.78 is 0. The Bertz CT molecular complexity index is 1270. The van der Waals surface area contributed by atoms with E-state index in [1.165, 1.54) is 0 Å². The first-order valence-corrected chi connectivity index (χ1v) is 11.2. The summed E-state index contributed by atoms with van der Waals surface area (Å²) in [4.78, 5) is 26.6. The Balaban J connectivity index is 1.39. The summed E-state index contributed by atoms with van der Waals surface area (Å²) in [5.74, 6) is 1.50. The van der Waals surface area contributed by atoms with E-state index in [9.17, 15) is 4.79 Å². The van der Waals surface area contributed by atoms with E-state index in [1.54, 1.807) is 0 Å². The molecular weight excluding hydrogens is 410 g/mol. The van der Waals surface area contributed by atoms with E-state index in [2.05, 4.69) is 24.3 Å². The van der Waals surface area contributed by atoms with Gasteiger partial charge in [-0.25, -0.2) is 9.97 Å². The van der Waals surface area contributed by atoms with Crippen molar-refractivity contribution in [2.24, 2.45) is 0 Å². The minimum Gasteiger partial charge on any atom is -0.340 e. The zero-order valence-corrected chi connectivity index (χ0v) is 18.9. The summed E-state index contributed by atoms with van der Waals surface area (Å²) in [6.07, 6.45) is 1.02. The molecule has 1 aliphatic heterocycles. The topological polar surface area (TPSA) is 61.4 Å². The number of rotatable bonds is 5. The van der Waals surface area contributed by atoms with E-state index in [4.69, 9.17) is 9.97 Å². The highest BCUT2D eigenvalue weighted by molar-refractivity contribution is 5.95. The number of nitrogens with zero attached hydrogens (tertiary/aromatic N) is 4. The number of carbonyl (C=O) groups is 1. The Hall–Kier alpha value is -3.77. The molecule has 33 heavy (non-hydrogen) atoms. The number of hydrogen-bond donors (Lipinski definition) is 1. The largest absolute Gasteiger partial charge is 0.340 e. The highest BCUT2D eigenvalue weighted by Gasteiger charge is 2.28. The number of likely N-dealkylation sites (N-methyl/N-ethyl adjacent to an activating group) is 1. The highest BCUT2D eigenvalue weighted by atomic mass is 16.2. The van der Waals surface area contributed by atoms with Crippen molar-refractivity contribution in [2.45, 2.75) is 12.5 Å². The van der Waals surface area contributed by atoms with Gasteiger partial charge in [0, 0.05) is 41.3 Å². The Kier molecular flexibility index (Phi) is 5.75. The molecular formula is C27H27N5O. The van der Waals surface area contributed by atoms with E-state index in [1.807, 2.05) is 83.8 Å². The highest BCUT2D eigenvalue weighted by Crippen LogP contribution is 2.27. The molecule has 0 radical (unpaired) electrons. The molecule has 3 aromatic carbocycles. The molecule has 2 heterocycles. The molecule has 6 heteroatoms. The van der Waals surface area contributed by atoms with Gasteiger partial charge in [0.25, 0.3) is 5.91 Å². The molecule has 1 fully saturated rings. The lowest BCUT2D eigenvalue weighted by Crippen LogP contribution is -2.34. The summed E-state index contributed by atoms with van der Waals surface area (Å²) in [5, 5.41) is 4.38. The van der Waals surface area contributed by atoms with Gasteiger partial charge >= 0.3 is 0 Å². The molecule has 1 atom stereocenters. The fourth-order valence-electron chi connectivity index (χ4n) is 4.25. The third-order valence-corrected chi connectivity index (χ3v) is 6.21. The van der Waals surface area contributed by atoms with Crippen LogP contribution in [0.2, 0.25) is 0 Å². The van der Waals surface area contributed by atoms with Crippen molar-refractivity contribution < 1.29 is 4.79 Å². The molecule has 5 rings (SSSR count). The van der Waals surface area contributed by atoms with Crippen LogP contribution in [0.25, 0.3) is 22.3 Å². The molecule has 0 aliphatic carbocycles. The quantitative estimate of drug-likeness (QED) is 0.485. The van der Waals surface area contributed by atoms with Gasteiger partial charge in [-0.15, -0.1) is 0 Å². The third kappa shape index (κ3) is 4.43. The first-order valence-electron chi connectivity index (χ1n) is 11.2. The Labute approximate surface area is 193 Å². The number of para-hydroxylation sites is 1. The van der Waals surface area contributed by atoms with Crippen LogP contribution in [-0.2, 0) is 0 Å². The van der Waals surface area contributed by atoms with Crippen LogP contribution < -0.4 is 5.32 Å². The molecule has 1 unspecified atom stereocenters. The number of carbonyl (C=O) groups excluding carboxylic acids is 1. The van der Waals surface area contributed by atoms with Crippen LogP contribution in [0.4, 0.5) is 11.5 Å². The van der Waals surface area contributed by atoms with E-state index >= 15 is 0 Å². The van der Waals surface area contributed by atoms with Crippen LogP contribution in [0, 0.1) is 0 Å². The van der Waals surface area contributed by atoms with Crippen molar-refractivity contribution in [1.82, 2.24) is 19.8 Å². The molecule has 1 amide bonds. The van der Waals surface area contributed by atoms with Crippen molar-refractivity contribution in [2.75, 3.05) is 32.5 Å². The molecule has 166 valence electrons. The molecule has 6 nitrogen and oxygen atoms in total. The number of likely N-dealkylation sites (tertiary alicyclic amines) is 1. The van der Waals surface area contributed by atoms with Crippen LogP contribution in [0.5, 0.6) is 0 Å². The van der Waals surface area contributed by atoms with Gasteiger partial charge in [-0.2, -0.15) is 0 Å². The summed E-state index contributed by atoms with van der Waals surface area (Å²) in [5.41, 5.74) is 3.43. The first-order chi connectivity index (χ1) is 16.1. The van der Waals surface area contributed by atoms with Gasteiger partial charge in [0.1, 0.15) is 5.82 Å². The zero-order valence-electron chi connectivity index (χ0n) is 18.9. The Morgan fingerprint density at radius 1 is 0.939 bits per heavy atom. The molecule has 0 bridgehead atoms. The number of nitrogens with one attached hydrogen (secondary N) is 1. The number of benzene rings is 3. The molecule has 0 saturated carbocycles. The van der Waals surface area contributed by atoms with E-state index in [-0.39, 0.29) is 5.91 Å². The van der Waals surface area contributed by atoms with E-state index < -0.39 is 0 Å². The maximum atomic E-state index is 12.9. The van der Waals surface area contributed by atoms with Crippen molar-refractivity contribution in [3.63, 3.8) is 0 Å². The normalized spacial score (nSPS) is 15.8. The van der Waals surface area contributed by atoms with Gasteiger partial charge in [-0.05, 0) is 56.9 Å². The van der Waals surface area contributed by atoms with E-state index in [0.29, 0.717) is 17.4 Å². The lowest BCUT2D eigenvalue weighted by Gasteiger charge is -2.20. The predicted molar refractivity (Wildman–Crippen MR) is 133 cm³/mol. The third-order valence-electron chi connectivity index (χ3n) is 6.21. The first kappa shape index (κ1) is 21.1. The fourth-order valence-corrected chi connectivity index (χ4v) is 4.25. The fraction of sp³-hybridized carbons (Fsp3) is 0.222. The van der Waals surface area contributed by atoms with Gasteiger partial charge < -0.3 is 15.1 Å². The van der Waals surface area contributed by atoms with Crippen LogP contribution in [0.15, 0.2) is 78.9 Å². The molecule has 0 spiro atoms. The average molecular weight is 438 g/mol. The summed E-state index contributed by atoms with van der Waals surface area (Å²) in [6.45, 7) is 1.58. The molecule has 1 saturated heterocycles. The van der Waals surface area contributed by atoms with Crippen LogP contribution in [0.1, 0.15) is 16.8 Å². The van der Waals surface area contributed by atoms with E-state index in [0.717, 1.165) is 47.5 Å².